The molecule has 0 spiro atoms. The van der Waals surface area contributed by atoms with Crippen molar-refractivity contribution in [3.05, 3.63) is 58.3 Å². The number of hydrogen-bond acceptors (Lipinski definition) is 5. The van der Waals surface area contributed by atoms with Gasteiger partial charge in [-0.1, -0.05) is 12.1 Å². The van der Waals surface area contributed by atoms with Crippen LogP contribution in [0.25, 0.3) is 0 Å². The summed E-state index contributed by atoms with van der Waals surface area (Å²) in [6, 6.07) is 10.6. The minimum atomic E-state index is -0.521. The fourth-order valence-electron chi connectivity index (χ4n) is 1.70. The van der Waals surface area contributed by atoms with Crippen molar-refractivity contribution in [3.8, 4) is 0 Å². The molecule has 19 heavy (non-hydrogen) atoms. The maximum atomic E-state index is 10.5. The van der Waals surface area contributed by atoms with E-state index in [4.69, 9.17) is 5.73 Å². The van der Waals surface area contributed by atoms with E-state index in [0.29, 0.717) is 5.69 Å². The molecule has 1 aromatic heterocycles. The number of hydrogen-bond donors (Lipinski definition) is 2. The lowest BCUT2D eigenvalue weighted by Crippen LogP contribution is -2.07. The number of nitro groups is 1. The molecule has 0 aliphatic carbocycles. The molecule has 0 bridgehead atoms. The SMILES string of the molecule is CC(Nc1ccc([N+](=O)[O-])nc1)c1ccc(N)cc1. The van der Waals surface area contributed by atoms with Crippen LogP contribution in [-0.4, -0.2) is 9.91 Å². The maximum absolute atomic E-state index is 10.5. The lowest BCUT2D eigenvalue weighted by atomic mass is 10.1. The van der Waals surface area contributed by atoms with Crippen LogP contribution in [0.5, 0.6) is 0 Å². The van der Waals surface area contributed by atoms with Crippen LogP contribution >= 0.6 is 0 Å². The first-order valence-electron chi connectivity index (χ1n) is 5.78. The first kappa shape index (κ1) is 12.8. The minimum absolute atomic E-state index is 0.0591. The molecular formula is C13H14N4O2. The average Bonchev–Trinajstić information content (AvgIpc) is 2.40. The molecule has 0 saturated carbocycles. The van der Waals surface area contributed by atoms with Crippen molar-refractivity contribution in [2.24, 2.45) is 0 Å². The Labute approximate surface area is 110 Å². The topological polar surface area (TPSA) is 94.1 Å². The quantitative estimate of drug-likeness (QED) is 0.499. The Hall–Kier alpha value is -2.63. The van der Waals surface area contributed by atoms with E-state index >= 15 is 0 Å². The molecule has 1 unspecified atom stereocenters. The molecule has 2 aromatic rings. The second kappa shape index (κ2) is 5.34. The van der Waals surface area contributed by atoms with Crippen LogP contribution in [0.4, 0.5) is 17.2 Å². The number of aromatic nitrogens is 1. The van der Waals surface area contributed by atoms with Gasteiger partial charge < -0.3 is 21.2 Å². The zero-order chi connectivity index (χ0) is 13.8. The van der Waals surface area contributed by atoms with Crippen LogP contribution in [0.1, 0.15) is 18.5 Å². The molecule has 3 N–H and O–H groups in total. The lowest BCUT2D eigenvalue weighted by Gasteiger charge is -2.14. The smallest absolute Gasteiger partial charge is 0.363 e. The van der Waals surface area contributed by atoms with Gasteiger partial charge in [-0.25, -0.2) is 0 Å². The highest BCUT2D eigenvalue weighted by Crippen LogP contribution is 2.20. The molecule has 0 fully saturated rings. The number of pyridine rings is 1. The zero-order valence-corrected chi connectivity index (χ0v) is 10.4. The molecule has 2 rings (SSSR count). The minimum Gasteiger partial charge on any atom is -0.399 e. The van der Waals surface area contributed by atoms with Crippen molar-refractivity contribution in [1.82, 2.24) is 4.98 Å². The summed E-state index contributed by atoms with van der Waals surface area (Å²) in [6.45, 7) is 1.99. The summed E-state index contributed by atoms with van der Waals surface area (Å²) < 4.78 is 0. The van der Waals surface area contributed by atoms with Crippen LogP contribution in [0.15, 0.2) is 42.6 Å². The Morgan fingerprint density at radius 2 is 1.95 bits per heavy atom. The number of anilines is 2. The van der Waals surface area contributed by atoms with Crippen molar-refractivity contribution < 1.29 is 4.92 Å². The third-order valence-corrected chi connectivity index (χ3v) is 2.75. The highest BCUT2D eigenvalue weighted by Gasteiger charge is 2.09. The van der Waals surface area contributed by atoms with Gasteiger partial charge in [-0.2, -0.15) is 0 Å². The van der Waals surface area contributed by atoms with Gasteiger partial charge in [-0.3, -0.25) is 0 Å². The Morgan fingerprint density at radius 1 is 1.26 bits per heavy atom. The summed E-state index contributed by atoms with van der Waals surface area (Å²) in [7, 11) is 0. The molecule has 1 heterocycles. The van der Waals surface area contributed by atoms with Gasteiger partial charge in [0.05, 0.1) is 5.69 Å². The highest BCUT2D eigenvalue weighted by atomic mass is 16.6. The van der Waals surface area contributed by atoms with E-state index < -0.39 is 4.92 Å². The fraction of sp³-hybridized carbons (Fsp3) is 0.154. The third-order valence-electron chi connectivity index (χ3n) is 2.75. The number of benzene rings is 1. The van der Waals surface area contributed by atoms with Crippen molar-refractivity contribution in [2.75, 3.05) is 11.1 Å². The van der Waals surface area contributed by atoms with Gasteiger partial charge in [-0.15, -0.1) is 0 Å². The molecule has 0 aliphatic rings. The first-order valence-corrected chi connectivity index (χ1v) is 5.78. The van der Waals surface area contributed by atoms with E-state index in [1.54, 1.807) is 6.07 Å². The summed E-state index contributed by atoms with van der Waals surface area (Å²) in [5, 5.41) is 13.7. The van der Waals surface area contributed by atoms with Crippen LogP contribution < -0.4 is 11.1 Å². The molecular weight excluding hydrogens is 244 g/mol. The van der Waals surface area contributed by atoms with Crippen molar-refractivity contribution >= 4 is 17.2 Å². The van der Waals surface area contributed by atoms with Crippen LogP contribution in [0.3, 0.4) is 0 Å². The number of nitrogens with one attached hydrogen (secondary N) is 1. The van der Waals surface area contributed by atoms with Crippen molar-refractivity contribution in [2.45, 2.75) is 13.0 Å². The molecule has 0 aliphatic heterocycles. The van der Waals surface area contributed by atoms with E-state index in [1.807, 2.05) is 31.2 Å². The Balaban J connectivity index is 2.08. The Morgan fingerprint density at radius 3 is 2.47 bits per heavy atom. The molecule has 0 radical (unpaired) electrons. The molecule has 6 heteroatoms. The molecule has 6 nitrogen and oxygen atoms in total. The highest BCUT2D eigenvalue weighted by molar-refractivity contribution is 5.47. The van der Waals surface area contributed by atoms with Crippen LogP contribution in [0, 0.1) is 10.1 Å². The number of nitrogen functional groups attached to an aromatic ring is 1. The summed E-state index contributed by atoms with van der Waals surface area (Å²) in [4.78, 5) is 13.7. The normalized spacial score (nSPS) is 11.8. The maximum Gasteiger partial charge on any atom is 0.363 e. The molecule has 0 saturated heterocycles. The fourth-order valence-corrected chi connectivity index (χ4v) is 1.70. The molecule has 1 aromatic carbocycles. The zero-order valence-electron chi connectivity index (χ0n) is 10.4. The van der Waals surface area contributed by atoms with Gasteiger partial charge in [0.15, 0.2) is 6.20 Å². The number of nitrogens with zero attached hydrogens (tertiary/aromatic N) is 2. The van der Waals surface area contributed by atoms with E-state index in [0.717, 1.165) is 11.3 Å². The number of nitrogens with two attached hydrogens (primary N) is 1. The molecule has 1 atom stereocenters. The van der Waals surface area contributed by atoms with Gasteiger partial charge in [0.25, 0.3) is 0 Å². The van der Waals surface area contributed by atoms with E-state index in [1.165, 1.54) is 12.3 Å². The van der Waals surface area contributed by atoms with Gasteiger partial charge in [0.2, 0.25) is 0 Å². The Kier molecular flexibility index (Phi) is 3.61. The predicted octanol–water partition coefficient (Wildman–Crippen LogP) is 2.75. The summed E-state index contributed by atoms with van der Waals surface area (Å²) in [5.41, 5.74) is 8.15. The van der Waals surface area contributed by atoms with E-state index in [-0.39, 0.29) is 11.9 Å². The number of rotatable bonds is 4. The van der Waals surface area contributed by atoms with E-state index in [9.17, 15) is 10.1 Å². The second-order valence-corrected chi connectivity index (χ2v) is 4.19. The summed E-state index contributed by atoms with van der Waals surface area (Å²) in [5.74, 6) is -0.161. The van der Waals surface area contributed by atoms with E-state index in [2.05, 4.69) is 10.3 Å². The van der Waals surface area contributed by atoms with Gasteiger partial charge in [-0.05, 0) is 40.6 Å². The van der Waals surface area contributed by atoms with Crippen molar-refractivity contribution in [1.29, 1.82) is 0 Å². The largest absolute Gasteiger partial charge is 0.399 e. The van der Waals surface area contributed by atoms with Gasteiger partial charge in [0.1, 0.15) is 0 Å². The molecule has 0 amide bonds. The van der Waals surface area contributed by atoms with Gasteiger partial charge >= 0.3 is 5.82 Å². The second-order valence-electron chi connectivity index (χ2n) is 4.19. The van der Waals surface area contributed by atoms with Crippen molar-refractivity contribution in [3.63, 3.8) is 0 Å². The predicted molar refractivity (Wildman–Crippen MR) is 73.8 cm³/mol. The standard InChI is InChI=1S/C13H14N4O2/c1-9(10-2-4-11(14)5-3-10)16-12-6-7-13(15-8-12)17(18)19/h2-9,16H,14H2,1H3. The average molecular weight is 258 g/mol. The summed E-state index contributed by atoms with van der Waals surface area (Å²) >= 11 is 0. The first-order chi connectivity index (χ1) is 9.06. The Bertz CT molecular complexity index is 566. The monoisotopic (exact) mass is 258 g/mol. The lowest BCUT2D eigenvalue weighted by molar-refractivity contribution is -0.389. The third kappa shape index (κ3) is 3.19. The molecule has 98 valence electrons. The summed E-state index contributed by atoms with van der Waals surface area (Å²) in [6.07, 6.45) is 1.45. The van der Waals surface area contributed by atoms with Crippen LogP contribution in [0.2, 0.25) is 0 Å². The van der Waals surface area contributed by atoms with Gasteiger partial charge in [0, 0.05) is 17.8 Å². The van der Waals surface area contributed by atoms with Crippen LogP contribution in [-0.2, 0) is 0 Å².